The molecule has 0 saturated heterocycles. The molecule has 4 aromatic heterocycles. The highest BCUT2D eigenvalue weighted by Crippen LogP contribution is 2.27. The fourth-order valence-corrected chi connectivity index (χ4v) is 3.77. The smallest absolute Gasteiger partial charge is 0.270 e. The Bertz CT molecular complexity index is 1420. The summed E-state index contributed by atoms with van der Waals surface area (Å²) < 4.78 is 5.49. The second kappa shape index (κ2) is 8.01. The number of hydrogen-bond donors (Lipinski definition) is 3. The molecule has 174 valence electrons. The van der Waals surface area contributed by atoms with Crippen LogP contribution in [0.3, 0.4) is 0 Å². The number of amides is 2. The zero-order valence-electron chi connectivity index (χ0n) is 19.3. The number of aromatic amines is 1. The van der Waals surface area contributed by atoms with Gasteiger partial charge in [0.15, 0.2) is 11.6 Å². The average Bonchev–Trinajstić information content (AvgIpc) is 3.44. The molecule has 3 N–H and O–H groups in total. The first-order valence-electron chi connectivity index (χ1n) is 11.0. The lowest BCUT2D eigenvalue weighted by molar-refractivity contribution is -0.116. The maximum atomic E-state index is 12.9. The van der Waals surface area contributed by atoms with Crippen LogP contribution in [0.5, 0.6) is 0 Å². The van der Waals surface area contributed by atoms with E-state index in [0.717, 1.165) is 16.7 Å². The van der Waals surface area contributed by atoms with E-state index in [1.54, 1.807) is 19.2 Å². The normalized spacial score (nSPS) is 14.5. The van der Waals surface area contributed by atoms with Crippen LogP contribution in [0.4, 0.5) is 5.82 Å². The highest BCUT2D eigenvalue weighted by Gasteiger charge is 2.25. The maximum absolute atomic E-state index is 12.9. The van der Waals surface area contributed by atoms with Crippen molar-refractivity contribution in [3.8, 4) is 11.5 Å². The van der Waals surface area contributed by atoms with Crippen molar-refractivity contribution in [3.05, 3.63) is 47.4 Å². The van der Waals surface area contributed by atoms with Crippen molar-refractivity contribution >= 4 is 28.7 Å². The molecule has 0 aromatic carbocycles. The van der Waals surface area contributed by atoms with E-state index >= 15 is 0 Å². The van der Waals surface area contributed by atoms with Gasteiger partial charge in [-0.2, -0.15) is 0 Å². The Labute approximate surface area is 194 Å². The van der Waals surface area contributed by atoms with Gasteiger partial charge in [-0.05, 0) is 19.4 Å². The van der Waals surface area contributed by atoms with Gasteiger partial charge in [0.25, 0.3) is 5.91 Å². The van der Waals surface area contributed by atoms with Gasteiger partial charge in [0, 0.05) is 29.2 Å². The number of H-pyrrole nitrogens is 1. The molecule has 1 atom stereocenters. The fourth-order valence-electron chi connectivity index (χ4n) is 3.77. The van der Waals surface area contributed by atoms with E-state index in [1.807, 2.05) is 6.07 Å². The number of anilines is 1. The molecule has 1 aliphatic rings. The second-order valence-electron chi connectivity index (χ2n) is 9.33. The summed E-state index contributed by atoms with van der Waals surface area (Å²) in [5.74, 6) is 0.881. The molecule has 5 heterocycles. The second-order valence-corrected chi connectivity index (χ2v) is 9.33. The van der Waals surface area contributed by atoms with Crippen molar-refractivity contribution in [1.82, 2.24) is 35.4 Å². The van der Waals surface area contributed by atoms with Crippen LogP contribution in [-0.2, 0) is 16.6 Å². The summed E-state index contributed by atoms with van der Waals surface area (Å²) in [6, 6.07) is 3.22. The number of nitrogens with zero attached hydrogens (tertiary/aromatic N) is 5. The van der Waals surface area contributed by atoms with E-state index in [2.05, 4.69) is 61.5 Å². The molecular formula is C23H24N8O3. The van der Waals surface area contributed by atoms with Gasteiger partial charge in [-0.15, -0.1) is 0 Å². The lowest BCUT2D eigenvalue weighted by Gasteiger charge is -2.18. The summed E-state index contributed by atoms with van der Waals surface area (Å²) in [5, 5.41) is 9.66. The van der Waals surface area contributed by atoms with Crippen LogP contribution in [-0.4, -0.2) is 41.9 Å². The Morgan fingerprint density at radius 2 is 2.00 bits per heavy atom. The molecule has 4 aromatic rings. The molecule has 11 nitrogen and oxygen atoms in total. The van der Waals surface area contributed by atoms with Crippen LogP contribution in [0, 0.1) is 0 Å². The zero-order chi connectivity index (χ0) is 24.0. The molecular weight excluding hydrogens is 436 g/mol. The number of carbonyl (C=O) groups is 2. The van der Waals surface area contributed by atoms with E-state index in [1.165, 1.54) is 6.33 Å². The first-order valence-corrected chi connectivity index (χ1v) is 11.0. The van der Waals surface area contributed by atoms with Gasteiger partial charge in [-0.25, -0.2) is 15.0 Å². The quantitative estimate of drug-likeness (QED) is 0.420. The first-order chi connectivity index (χ1) is 16.2. The summed E-state index contributed by atoms with van der Waals surface area (Å²) in [7, 11) is 0. The third-order valence-corrected chi connectivity index (χ3v) is 5.70. The van der Waals surface area contributed by atoms with Crippen LogP contribution >= 0.6 is 0 Å². The molecule has 34 heavy (non-hydrogen) atoms. The molecule has 0 spiro atoms. The zero-order valence-corrected chi connectivity index (χ0v) is 19.3. The van der Waals surface area contributed by atoms with Gasteiger partial charge >= 0.3 is 0 Å². The van der Waals surface area contributed by atoms with Crippen molar-refractivity contribution in [1.29, 1.82) is 0 Å². The summed E-state index contributed by atoms with van der Waals surface area (Å²) in [5.41, 5.74) is 3.83. The summed E-state index contributed by atoms with van der Waals surface area (Å²) >= 11 is 0. The van der Waals surface area contributed by atoms with E-state index in [0.29, 0.717) is 35.1 Å². The Balaban J connectivity index is 1.35. The SMILES string of the molecule is C[C@@H](NC(=O)c1ncnc2c1CCC(=O)N2)c1cc(-c2nc3cc(C(C)(C)C)ncc3[nH]2)no1. The number of pyridine rings is 1. The van der Waals surface area contributed by atoms with Crippen LogP contribution in [0.2, 0.25) is 0 Å². The number of hydrogen-bond acceptors (Lipinski definition) is 8. The van der Waals surface area contributed by atoms with Crippen LogP contribution in [0.25, 0.3) is 22.6 Å². The van der Waals surface area contributed by atoms with Crippen molar-refractivity contribution in [2.45, 2.75) is 52.0 Å². The number of fused-ring (bicyclic) bond motifs is 2. The Hall–Kier alpha value is -4.15. The highest BCUT2D eigenvalue weighted by molar-refractivity contribution is 5.99. The van der Waals surface area contributed by atoms with Crippen LogP contribution < -0.4 is 10.6 Å². The monoisotopic (exact) mass is 460 g/mol. The van der Waals surface area contributed by atoms with Gasteiger partial charge in [0.1, 0.15) is 23.5 Å². The molecule has 0 fully saturated rings. The molecule has 0 saturated carbocycles. The van der Waals surface area contributed by atoms with Gasteiger partial charge in [0.05, 0.1) is 23.3 Å². The van der Waals surface area contributed by atoms with Gasteiger partial charge in [0.2, 0.25) is 5.91 Å². The summed E-state index contributed by atoms with van der Waals surface area (Å²) in [6.45, 7) is 8.08. The standard InChI is InChI=1S/C23H24N8O3/c1-11(27-22(33)19-12-5-6-18(32)30-20(12)26-10-25-19)16-7-14(31-34-16)21-28-13-8-17(23(2,3)4)24-9-15(13)29-21/h7-11H,5-6H2,1-4H3,(H,27,33)(H,28,29)(H,25,26,30,32)/t11-/m1/s1. The Morgan fingerprint density at radius 3 is 2.79 bits per heavy atom. The minimum atomic E-state index is -0.476. The molecule has 11 heteroatoms. The number of rotatable bonds is 4. The van der Waals surface area contributed by atoms with E-state index < -0.39 is 6.04 Å². The molecule has 2 amide bonds. The van der Waals surface area contributed by atoms with E-state index in [-0.39, 0.29) is 29.3 Å². The molecule has 0 radical (unpaired) electrons. The molecule has 0 aliphatic carbocycles. The average molecular weight is 460 g/mol. The number of nitrogens with one attached hydrogen (secondary N) is 3. The van der Waals surface area contributed by atoms with E-state index in [9.17, 15) is 9.59 Å². The number of aromatic nitrogens is 6. The van der Waals surface area contributed by atoms with Gasteiger partial charge in [-0.3, -0.25) is 14.6 Å². The van der Waals surface area contributed by atoms with Gasteiger partial charge < -0.3 is 20.1 Å². The molecule has 0 bridgehead atoms. The number of imidazole rings is 1. The van der Waals surface area contributed by atoms with E-state index in [4.69, 9.17) is 4.52 Å². The third-order valence-electron chi connectivity index (χ3n) is 5.70. The minimum absolute atomic E-state index is 0.0868. The molecule has 0 unspecified atom stereocenters. The predicted molar refractivity (Wildman–Crippen MR) is 123 cm³/mol. The predicted octanol–water partition coefficient (Wildman–Crippen LogP) is 3.08. The lowest BCUT2D eigenvalue weighted by atomic mass is 9.91. The van der Waals surface area contributed by atoms with Crippen molar-refractivity contribution in [3.63, 3.8) is 0 Å². The summed E-state index contributed by atoms with van der Waals surface area (Å²) in [4.78, 5) is 45.0. The largest absolute Gasteiger partial charge is 0.358 e. The highest BCUT2D eigenvalue weighted by atomic mass is 16.5. The minimum Gasteiger partial charge on any atom is -0.358 e. The molecule has 5 rings (SSSR count). The van der Waals surface area contributed by atoms with Crippen LogP contribution in [0.1, 0.15) is 67.7 Å². The topological polar surface area (TPSA) is 152 Å². The summed E-state index contributed by atoms with van der Waals surface area (Å²) in [6.07, 6.45) is 3.72. The maximum Gasteiger partial charge on any atom is 0.270 e. The van der Waals surface area contributed by atoms with Crippen LogP contribution in [0.15, 0.2) is 29.2 Å². The Kier molecular flexibility index (Phi) is 5.11. The van der Waals surface area contributed by atoms with Crippen molar-refractivity contribution < 1.29 is 14.1 Å². The first kappa shape index (κ1) is 21.7. The number of carbonyl (C=O) groups excluding carboxylic acids is 2. The lowest BCUT2D eigenvalue weighted by Crippen LogP contribution is -2.30. The Morgan fingerprint density at radius 1 is 1.18 bits per heavy atom. The molecule has 1 aliphatic heterocycles. The van der Waals surface area contributed by atoms with Gasteiger partial charge in [-0.1, -0.05) is 25.9 Å². The third kappa shape index (κ3) is 4.00. The fraction of sp³-hybridized carbons (Fsp3) is 0.348. The van der Waals surface area contributed by atoms with Crippen molar-refractivity contribution in [2.75, 3.05) is 5.32 Å². The van der Waals surface area contributed by atoms with Crippen molar-refractivity contribution in [2.24, 2.45) is 0 Å².